The summed E-state index contributed by atoms with van der Waals surface area (Å²) in [6.07, 6.45) is 2.97. The molecule has 5 heteroatoms. The molecule has 1 amide bonds. The average Bonchev–Trinajstić information content (AvgIpc) is 2.42. The van der Waals surface area contributed by atoms with Crippen molar-refractivity contribution >= 4 is 40.4 Å². The number of nitrogens with one attached hydrogen (secondary N) is 1. The molecule has 0 atom stereocenters. The SMILES string of the molecule is CCCC(CCC)(C(=O)Nc1c(C)cccc1Cl)C(N)=S. The highest BCUT2D eigenvalue weighted by Gasteiger charge is 2.40. The van der Waals surface area contributed by atoms with Gasteiger partial charge in [0.1, 0.15) is 0 Å². The minimum absolute atomic E-state index is 0.157. The molecule has 21 heavy (non-hydrogen) atoms. The molecule has 3 N–H and O–H groups in total. The van der Waals surface area contributed by atoms with E-state index in [-0.39, 0.29) is 10.9 Å². The third kappa shape index (κ3) is 3.95. The van der Waals surface area contributed by atoms with E-state index in [1.54, 1.807) is 6.07 Å². The van der Waals surface area contributed by atoms with Gasteiger partial charge in [0.25, 0.3) is 0 Å². The summed E-state index contributed by atoms with van der Waals surface area (Å²) >= 11 is 11.4. The van der Waals surface area contributed by atoms with Crippen LogP contribution in [0.2, 0.25) is 5.02 Å². The molecule has 1 rings (SSSR count). The summed E-state index contributed by atoms with van der Waals surface area (Å²) in [5.74, 6) is -0.157. The lowest BCUT2D eigenvalue weighted by molar-refractivity contribution is -0.122. The molecule has 0 spiro atoms. The van der Waals surface area contributed by atoms with Gasteiger partial charge >= 0.3 is 0 Å². The number of thiocarbonyl (C=S) groups is 1. The maximum atomic E-state index is 12.8. The molecular formula is C16H23ClN2OS. The molecule has 1 aromatic carbocycles. The first-order valence-corrected chi connectivity index (χ1v) is 8.04. The average molecular weight is 327 g/mol. The van der Waals surface area contributed by atoms with Crippen LogP contribution in [0, 0.1) is 12.3 Å². The summed E-state index contributed by atoms with van der Waals surface area (Å²) in [6, 6.07) is 5.52. The number of benzene rings is 1. The highest BCUT2D eigenvalue weighted by atomic mass is 35.5. The number of hydrogen-bond acceptors (Lipinski definition) is 2. The molecule has 0 aromatic heterocycles. The zero-order valence-corrected chi connectivity index (χ0v) is 14.4. The van der Waals surface area contributed by atoms with E-state index in [2.05, 4.69) is 5.32 Å². The van der Waals surface area contributed by atoms with Gasteiger partial charge in [-0.2, -0.15) is 0 Å². The number of amides is 1. The number of halogens is 1. The maximum absolute atomic E-state index is 12.8. The van der Waals surface area contributed by atoms with E-state index in [9.17, 15) is 4.79 Å². The van der Waals surface area contributed by atoms with Crippen molar-refractivity contribution in [2.45, 2.75) is 46.5 Å². The lowest BCUT2D eigenvalue weighted by Crippen LogP contribution is -2.46. The monoisotopic (exact) mass is 326 g/mol. The summed E-state index contributed by atoms with van der Waals surface area (Å²) in [4.78, 5) is 13.1. The first-order valence-electron chi connectivity index (χ1n) is 7.25. The van der Waals surface area contributed by atoms with Crippen LogP contribution in [-0.4, -0.2) is 10.9 Å². The lowest BCUT2D eigenvalue weighted by Gasteiger charge is -2.31. The molecule has 0 aliphatic carbocycles. The second-order valence-corrected chi connectivity index (χ2v) is 6.18. The molecule has 0 saturated heterocycles. The molecule has 1 aromatic rings. The lowest BCUT2D eigenvalue weighted by atomic mass is 9.78. The van der Waals surface area contributed by atoms with Crippen LogP contribution >= 0.6 is 23.8 Å². The van der Waals surface area contributed by atoms with Gasteiger partial charge in [0.2, 0.25) is 5.91 Å². The van der Waals surface area contributed by atoms with E-state index in [1.807, 2.05) is 32.9 Å². The molecule has 0 saturated carbocycles. The fraction of sp³-hybridized carbons (Fsp3) is 0.500. The van der Waals surface area contributed by atoms with Crippen molar-refractivity contribution in [3.63, 3.8) is 0 Å². The number of para-hydroxylation sites is 1. The van der Waals surface area contributed by atoms with E-state index < -0.39 is 5.41 Å². The Kier molecular flexibility index (Phi) is 6.62. The van der Waals surface area contributed by atoms with Crippen molar-refractivity contribution in [1.82, 2.24) is 0 Å². The predicted octanol–water partition coefficient (Wildman–Crippen LogP) is 4.46. The molecule has 0 radical (unpaired) electrons. The maximum Gasteiger partial charge on any atom is 0.237 e. The summed E-state index contributed by atoms with van der Waals surface area (Å²) in [5.41, 5.74) is 6.66. The fourth-order valence-electron chi connectivity index (χ4n) is 2.59. The third-order valence-electron chi connectivity index (χ3n) is 3.72. The zero-order chi connectivity index (χ0) is 16.0. The van der Waals surface area contributed by atoms with Crippen molar-refractivity contribution in [1.29, 1.82) is 0 Å². The Balaban J connectivity index is 3.14. The zero-order valence-electron chi connectivity index (χ0n) is 12.8. The van der Waals surface area contributed by atoms with Gasteiger partial charge in [0.15, 0.2) is 0 Å². The minimum Gasteiger partial charge on any atom is -0.392 e. The van der Waals surface area contributed by atoms with Crippen LogP contribution in [0.4, 0.5) is 5.69 Å². The second-order valence-electron chi connectivity index (χ2n) is 5.33. The minimum atomic E-state index is -0.801. The van der Waals surface area contributed by atoms with Gasteiger partial charge in [-0.1, -0.05) is 62.6 Å². The first-order chi connectivity index (χ1) is 9.89. The van der Waals surface area contributed by atoms with E-state index in [1.165, 1.54) is 0 Å². The highest BCUT2D eigenvalue weighted by Crippen LogP contribution is 2.34. The number of carbonyl (C=O) groups is 1. The summed E-state index contributed by atoms with van der Waals surface area (Å²) in [5, 5.41) is 3.45. The van der Waals surface area contributed by atoms with Gasteiger partial charge in [-0.15, -0.1) is 0 Å². The number of nitrogens with two attached hydrogens (primary N) is 1. The molecule has 0 heterocycles. The molecule has 0 bridgehead atoms. The molecule has 3 nitrogen and oxygen atoms in total. The molecule has 0 aliphatic heterocycles. The molecule has 116 valence electrons. The number of anilines is 1. The van der Waals surface area contributed by atoms with Gasteiger partial charge < -0.3 is 11.1 Å². The Hall–Kier alpha value is -1.13. The van der Waals surface area contributed by atoms with Crippen molar-refractivity contribution in [2.24, 2.45) is 11.1 Å². The van der Waals surface area contributed by atoms with Crippen molar-refractivity contribution in [3.8, 4) is 0 Å². The molecule has 0 aliphatic rings. The smallest absolute Gasteiger partial charge is 0.237 e. The Morgan fingerprint density at radius 3 is 2.33 bits per heavy atom. The molecular weight excluding hydrogens is 304 g/mol. The van der Waals surface area contributed by atoms with Gasteiger partial charge in [-0.25, -0.2) is 0 Å². The highest BCUT2D eigenvalue weighted by molar-refractivity contribution is 7.80. The van der Waals surface area contributed by atoms with Crippen LogP contribution in [0.3, 0.4) is 0 Å². The van der Waals surface area contributed by atoms with Crippen molar-refractivity contribution < 1.29 is 4.79 Å². The van der Waals surface area contributed by atoms with E-state index in [0.29, 0.717) is 23.6 Å². The van der Waals surface area contributed by atoms with Gasteiger partial charge in [0, 0.05) is 0 Å². The van der Waals surface area contributed by atoms with E-state index >= 15 is 0 Å². The van der Waals surface area contributed by atoms with E-state index in [4.69, 9.17) is 29.6 Å². The largest absolute Gasteiger partial charge is 0.392 e. The van der Waals surface area contributed by atoms with Crippen LogP contribution < -0.4 is 11.1 Å². The van der Waals surface area contributed by atoms with Crippen molar-refractivity contribution in [2.75, 3.05) is 5.32 Å². The topological polar surface area (TPSA) is 55.1 Å². The summed E-state index contributed by atoms with van der Waals surface area (Å²) < 4.78 is 0. The van der Waals surface area contributed by atoms with Gasteiger partial charge in [-0.3, -0.25) is 4.79 Å². The number of aryl methyl sites for hydroxylation is 1. The third-order valence-corrected chi connectivity index (χ3v) is 4.43. The summed E-state index contributed by atoms with van der Waals surface area (Å²) in [6.45, 7) is 5.96. The van der Waals surface area contributed by atoms with Crippen LogP contribution in [0.25, 0.3) is 0 Å². The summed E-state index contributed by atoms with van der Waals surface area (Å²) in [7, 11) is 0. The Morgan fingerprint density at radius 1 is 1.33 bits per heavy atom. The first kappa shape index (κ1) is 17.9. The number of hydrogen-bond donors (Lipinski definition) is 2. The molecule has 0 unspecified atom stereocenters. The van der Waals surface area contributed by atoms with Crippen LogP contribution in [-0.2, 0) is 4.79 Å². The van der Waals surface area contributed by atoms with Gasteiger partial charge in [-0.05, 0) is 31.4 Å². The Labute approximate surface area is 137 Å². The Bertz CT molecular complexity index is 505. The van der Waals surface area contributed by atoms with Crippen LogP contribution in [0.1, 0.15) is 45.1 Å². The fourth-order valence-corrected chi connectivity index (χ4v) is 3.15. The van der Waals surface area contributed by atoms with E-state index in [0.717, 1.165) is 18.4 Å². The second kappa shape index (κ2) is 7.76. The standard InChI is InChI=1S/C16H23ClN2OS/c1-4-9-16(10-5-2,14(18)21)15(20)19-13-11(3)7-6-8-12(13)17/h6-8H,4-5,9-10H2,1-3H3,(H2,18,21)(H,19,20). The molecule has 0 fully saturated rings. The Morgan fingerprint density at radius 2 is 1.90 bits per heavy atom. The number of carbonyl (C=O) groups excluding carboxylic acids is 1. The normalized spacial score (nSPS) is 11.2. The van der Waals surface area contributed by atoms with Crippen LogP contribution in [0.15, 0.2) is 18.2 Å². The van der Waals surface area contributed by atoms with Gasteiger partial charge in [0.05, 0.1) is 21.1 Å². The van der Waals surface area contributed by atoms with Crippen molar-refractivity contribution in [3.05, 3.63) is 28.8 Å². The number of rotatable bonds is 7. The predicted molar refractivity (Wildman–Crippen MR) is 93.9 cm³/mol. The quantitative estimate of drug-likeness (QED) is 0.727. The van der Waals surface area contributed by atoms with Crippen LogP contribution in [0.5, 0.6) is 0 Å².